The highest BCUT2D eigenvalue weighted by atomic mass is 32.2. The molecule has 0 N–H and O–H groups in total. The van der Waals surface area contributed by atoms with Crippen molar-refractivity contribution in [2.45, 2.75) is 6.92 Å². The van der Waals surface area contributed by atoms with E-state index in [0.717, 1.165) is 11.5 Å². The van der Waals surface area contributed by atoms with E-state index in [1.165, 1.54) is 11.3 Å². The molecular formula is C11H13NOS. The zero-order chi connectivity index (χ0) is 9.97. The first-order valence-corrected chi connectivity index (χ1v) is 5.47. The monoisotopic (exact) mass is 207 g/mol. The van der Waals surface area contributed by atoms with Crippen LogP contribution in [0, 0.1) is 0 Å². The van der Waals surface area contributed by atoms with Gasteiger partial charge in [0.15, 0.2) is 0 Å². The van der Waals surface area contributed by atoms with Crippen LogP contribution in [0.25, 0.3) is 0 Å². The summed E-state index contributed by atoms with van der Waals surface area (Å²) < 4.78 is 7.30. The fraction of sp³-hybridized carbons (Fsp3) is 0.273. The molecule has 2 rings (SSSR count). The number of rotatable bonds is 2. The van der Waals surface area contributed by atoms with Gasteiger partial charge in [0, 0.05) is 12.0 Å². The minimum absolute atomic E-state index is 0.902. The third kappa shape index (κ3) is 1.87. The Morgan fingerprint density at radius 1 is 1.29 bits per heavy atom. The second-order valence-electron chi connectivity index (χ2n) is 3.27. The van der Waals surface area contributed by atoms with E-state index in [1.54, 1.807) is 7.11 Å². The quantitative estimate of drug-likeness (QED) is 0.691. The molecule has 2 nitrogen and oxygen atoms in total. The molecule has 0 fully saturated rings. The molecule has 0 saturated carbocycles. The van der Waals surface area contributed by atoms with Gasteiger partial charge in [-0.05, 0) is 48.7 Å². The Hall–Kier alpha value is -1.09. The van der Waals surface area contributed by atoms with E-state index in [4.69, 9.17) is 4.74 Å². The topological polar surface area (TPSA) is 12.5 Å². The van der Waals surface area contributed by atoms with Crippen molar-refractivity contribution in [2.75, 3.05) is 17.2 Å². The predicted octanol–water partition coefficient (Wildman–Crippen LogP) is 3.07. The Balaban J connectivity index is 2.17. The van der Waals surface area contributed by atoms with Crippen LogP contribution in [0.5, 0.6) is 5.75 Å². The minimum Gasteiger partial charge on any atom is -0.497 e. The second-order valence-corrected chi connectivity index (χ2v) is 4.21. The Morgan fingerprint density at radius 2 is 2.00 bits per heavy atom. The molecule has 0 atom stereocenters. The zero-order valence-corrected chi connectivity index (χ0v) is 9.17. The number of benzene rings is 1. The van der Waals surface area contributed by atoms with Gasteiger partial charge in [-0.15, -0.1) is 0 Å². The smallest absolute Gasteiger partial charge is 0.119 e. The molecule has 0 spiro atoms. The molecule has 1 heterocycles. The third-order valence-electron chi connectivity index (χ3n) is 2.10. The largest absolute Gasteiger partial charge is 0.497 e. The minimum atomic E-state index is 0.902. The van der Waals surface area contributed by atoms with Crippen molar-refractivity contribution in [3.8, 4) is 5.75 Å². The Bertz CT molecular complexity index is 345. The zero-order valence-electron chi connectivity index (χ0n) is 8.36. The van der Waals surface area contributed by atoms with Gasteiger partial charge in [0.05, 0.1) is 12.8 Å². The highest BCUT2D eigenvalue weighted by molar-refractivity contribution is 8.01. The summed E-state index contributed by atoms with van der Waals surface area (Å²) >= 11 is 1.82. The van der Waals surface area contributed by atoms with Gasteiger partial charge in [-0.25, -0.2) is 0 Å². The average Bonchev–Trinajstić information content (AvgIpc) is 2.65. The van der Waals surface area contributed by atoms with Crippen LogP contribution in [0.1, 0.15) is 6.92 Å². The summed E-state index contributed by atoms with van der Waals surface area (Å²) in [4.78, 5) is 0. The standard InChI is InChI=1S/C11H13NOS/c1-9-7-12(14-8-9)10-3-5-11(13-2)6-4-10/h3-7H,8H2,1-2H3. The maximum Gasteiger partial charge on any atom is 0.119 e. The number of anilines is 1. The number of hydrogen-bond donors (Lipinski definition) is 0. The van der Waals surface area contributed by atoms with Gasteiger partial charge in [-0.1, -0.05) is 0 Å². The number of methoxy groups -OCH3 is 1. The van der Waals surface area contributed by atoms with E-state index in [-0.39, 0.29) is 0 Å². The van der Waals surface area contributed by atoms with Crippen LogP contribution >= 0.6 is 11.9 Å². The predicted molar refractivity (Wildman–Crippen MR) is 61.7 cm³/mol. The molecule has 1 aromatic carbocycles. The van der Waals surface area contributed by atoms with E-state index in [1.807, 2.05) is 24.1 Å². The summed E-state index contributed by atoms with van der Waals surface area (Å²) in [6.07, 6.45) is 2.17. The van der Waals surface area contributed by atoms with Crippen LogP contribution in [-0.2, 0) is 0 Å². The van der Waals surface area contributed by atoms with Crippen molar-refractivity contribution in [2.24, 2.45) is 0 Å². The molecular weight excluding hydrogens is 194 g/mol. The van der Waals surface area contributed by atoms with E-state index >= 15 is 0 Å². The normalized spacial score (nSPS) is 15.6. The summed E-state index contributed by atoms with van der Waals surface area (Å²) in [5, 5.41) is 0. The third-order valence-corrected chi connectivity index (χ3v) is 3.27. The summed E-state index contributed by atoms with van der Waals surface area (Å²) in [5.41, 5.74) is 2.61. The van der Waals surface area contributed by atoms with E-state index < -0.39 is 0 Å². The van der Waals surface area contributed by atoms with Crippen molar-refractivity contribution in [3.63, 3.8) is 0 Å². The van der Waals surface area contributed by atoms with Gasteiger partial charge in [0.1, 0.15) is 5.75 Å². The average molecular weight is 207 g/mol. The van der Waals surface area contributed by atoms with Crippen LogP contribution in [0.15, 0.2) is 36.0 Å². The van der Waals surface area contributed by atoms with Gasteiger partial charge < -0.3 is 4.74 Å². The Labute approximate surface area is 88.7 Å². The van der Waals surface area contributed by atoms with Crippen LogP contribution < -0.4 is 9.04 Å². The first kappa shape index (κ1) is 9.46. The van der Waals surface area contributed by atoms with Crippen LogP contribution in [0.3, 0.4) is 0 Å². The first-order valence-electron chi connectivity index (χ1n) is 4.53. The summed E-state index contributed by atoms with van der Waals surface area (Å²) in [5.74, 6) is 1.99. The Morgan fingerprint density at radius 3 is 2.50 bits per heavy atom. The van der Waals surface area contributed by atoms with Gasteiger partial charge in [-0.2, -0.15) is 0 Å². The van der Waals surface area contributed by atoms with Gasteiger partial charge >= 0.3 is 0 Å². The molecule has 3 heteroatoms. The highest BCUT2D eigenvalue weighted by Gasteiger charge is 2.11. The molecule has 74 valence electrons. The summed E-state index contributed by atoms with van der Waals surface area (Å²) in [6.45, 7) is 2.15. The molecule has 0 bridgehead atoms. The van der Waals surface area contributed by atoms with E-state index in [2.05, 4.69) is 29.6 Å². The SMILES string of the molecule is COc1ccc(N2C=C(C)CS2)cc1. The maximum absolute atomic E-state index is 5.11. The van der Waals surface area contributed by atoms with E-state index in [0.29, 0.717) is 0 Å². The lowest BCUT2D eigenvalue weighted by Crippen LogP contribution is -2.00. The fourth-order valence-corrected chi connectivity index (χ4v) is 2.27. The van der Waals surface area contributed by atoms with Crippen LogP contribution in [0.4, 0.5) is 5.69 Å². The lowest BCUT2D eigenvalue weighted by atomic mass is 10.3. The number of ether oxygens (including phenoxy) is 1. The molecule has 1 aliphatic heterocycles. The van der Waals surface area contributed by atoms with Crippen LogP contribution in [-0.4, -0.2) is 12.9 Å². The molecule has 0 amide bonds. The number of nitrogens with zero attached hydrogens (tertiary/aromatic N) is 1. The molecule has 1 aromatic rings. The molecule has 0 unspecified atom stereocenters. The van der Waals surface area contributed by atoms with Gasteiger partial charge in [0.25, 0.3) is 0 Å². The van der Waals surface area contributed by atoms with Crippen molar-refractivity contribution >= 4 is 17.6 Å². The lowest BCUT2D eigenvalue weighted by Gasteiger charge is -2.13. The first-order chi connectivity index (χ1) is 6.79. The summed E-state index contributed by atoms with van der Waals surface area (Å²) in [6, 6.07) is 8.11. The number of hydrogen-bond acceptors (Lipinski definition) is 3. The van der Waals surface area contributed by atoms with Crippen molar-refractivity contribution in [1.29, 1.82) is 0 Å². The van der Waals surface area contributed by atoms with Crippen LogP contribution in [0.2, 0.25) is 0 Å². The van der Waals surface area contributed by atoms with Crippen molar-refractivity contribution < 1.29 is 4.74 Å². The molecule has 0 saturated heterocycles. The highest BCUT2D eigenvalue weighted by Crippen LogP contribution is 2.31. The molecule has 1 aliphatic rings. The molecule has 14 heavy (non-hydrogen) atoms. The summed E-state index contributed by atoms with van der Waals surface area (Å²) in [7, 11) is 1.68. The van der Waals surface area contributed by atoms with Crippen molar-refractivity contribution in [3.05, 3.63) is 36.0 Å². The molecule has 0 aliphatic carbocycles. The second kappa shape index (κ2) is 3.96. The van der Waals surface area contributed by atoms with Gasteiger partial charge in [0.2, 0.25) is 0 Å². The fourth-order valence-electron chi connectivity index (χ4n) is 1.32. The molecule has 0 radical (unpaired) electrons. The van der Waals surface area contributed by atoms with E-state index in [9.17, 15) is 0 Å². The maximum atomic E-state index is 5.11. The molecule has 0 aromatic heterocycles. The lowest BCUT2D eigenvalue weighted by molar-refractivity contribution is 0.415. The Kier molecular flexibility index (Phi) is 2.68. The van der Waals surface area contributed by atoms with Gasteiger partial charge in [-0.3, -0.25) is 4.31 Å². The van der Waals surface area contributed by atoms with Crippen molar-refractivity contribution in [1.82, 2.24) is 0 Å².